The predicted molar refractivity (Wildman–Crippen MR) is 84.8 cm³/mol. The van der Waals surface area contributed by atoms with E-state index in [1.54, 1.807) is 6.20 Å². The van der Waals surface area contributed by atoms with Gasteiger partial charge in [-0.05, 0) is 44.2 Å². The first kappa shape index (κ1) is 15.5. The molecule has 0 saturated carbocycles. The Balaban J connectivity index is 1.61. The van der Waals surface area contributed by atoms with Crippen LogP contribution in [0.15, 0.2) is 29.2 Å². The van der Waals surface area contributed by atoms with Crippen molar-refractivity contribution in [3.05, 3.63) is 46.4 Å². The second-order valence-corrected chi connectivity index (χ2v) is 5.90. The number of aryl methyl sites for hydroxylation is 1. The minimum atomic E-state index is -0.377. The van der Waals surface area contributed by atoms with Crippen LogP contribution >= 0.6 is 0 Å². The first-order chi connectivity index (χ1) is 11.2. The van der Waals surface area contributed by atoms with E-state index in [0.29, 0.717) is 5.82 Å². The van der Waals surface area contributed by atoms with Crippen LogP contribution in [0.5, 0.6) is 0 Å². The van der Waals surface area contributed by atoms with Gasteiger partial charge in [-0.1, -0.05) is 6.07 Å². The third-order valence-electron chi connectivity index (χ3n) is 4.28. The molecule has 7 nitrogen and oxygen atoms in total. The average Bonchev–Trinajstić information content (AvgIpc) is 2.99. The fourth-order valence-electron chi connectivity index (χ4n) is 3.12. The van der Waals surface area contributed by atoms with Crippen molar-refractivity contribution in [3.8, 4) is 0 Å². The number of hydrogen-bond donors (Lipinski definition) is 2. The van der Waals surface area contributed by atoms with Crippen molar-refractivity contribution in [2.75, 3.05) is 6.54 Å². The molecule has 7 heteroatoms. The van der Waals surface area contributed by atoms with Crippen LogP contribution in [0.1, 0.15) is 37.2 Å². The normalized spacial score (nSPS) is 18.1. The summed E-state index contributed by atoms with van der Waals surface area (Å²) in [5.74, 6) is 0.424. The third-order valence-corrected chi connectivity index (χ3v) is 4.28. The molecule has 0 spiro atoms. The van der Waals surface area contributed by atoms with Crippen molar-refractivity contribution in [2.45, 2.75) is 44.6 Å². The quantitative estimate of drug-likeness (QED) is 0.862. The molecule has 0 radical (unpaired) electrons. The Kier molecular flexibility index (Phi) is 4.85. The maximum absolute atomic E-state index is 12.5. The molecule has 1 aliphatic heterocycles. The van der Waals surface area contributed by atoms with Crippen molar-refractivity contribution in [3.63, 3.8) is 0 Å². The SMILES string of the molecule is O=C(Cc1n[nH]c(=O)[nH]1)N1CCCC[C@@H]1CCc1ccccn1. The van der Waals surface area contributed by atoms with Gasteiger partial charge in [0.1, 0.15) is 5.82 Å². The maximum atomic E-state index is 12.5. The number of carbonyl (C=O) groups is 1. The maximum Gasteiger partial charge on any atom is 0.340 e. The molecule has 3 rings (SSSR count). The number of amides is 1. The van der Waals surface area contributed by atoms with Crippen molar-refractivity contribution in [2.24, 2.45) is 0 Å². The lowest BCUT2D eigenvalue weighted by molar-refractivity contribution is -0.134. The fraction of sp³-hybridized carbons (Fsp3) is 0.500. The molecular formula is C16H21N5O2. The highest BCUT2D eigenvalue weighted by Crippen LogP contribution is 2.21. The van der Waals surface area contributed by atoms with Gasteiger partial charge in [0.2, 0.25) is 5.91 Å². The average molecular weight is 315 g/mol. The molecule has 2 N–H and O–H groups in total. The van der Waals surface area contributed by atoms with E-state index in [2.05, 4.69) is 20.2 Å². The van der Waals surface area contributed by atoms with Crippen molar-refractivity contribution in [1.82, 2.24) is 25.1 Å². The lowest BCUT2D eigenvalue weighted by Crippen LogP contribution is -2.44. The van der Waals surface area contributed by atoms with E-state index in [0.717, 1.165) is 44.3 Å². The van der Waals surface area contributed by atoms with Gasteiger partial charge in [0.25, 0.3) is 0 Å². The molecule has 0 aromatic carbocycles. The number of nitrogens with one attached hydrogen (secondary N) is 2. The van der Waals surface area contributed by atoms with Gasteiger partial charge >= 0.3 is 5.69 Å². The highest BCUT2D eigenvalue weighted by molar-refractivity contribution is 5.78. The van der Waals surface area contributed by atoms with E-state index in [1.807, 2.05) is 23.1 Å². The number of carbonyl (C=O) groups excluding carboxylic acids is 1. The molecule has 1 aliphatic rings. The van der Waals surface area contributed by atoms with Gasteiger partial charge < -0.3 is 4.90 Å². The molecule has 1 saturated heterocycles. The van der Waals surface area contributed by atoms with Crippen LogP contribution in [-0.2, 0) is 17.6 Å². The lowest BCUT2D eigenvalue weighted by atomic mass is 9.96. The van der Waals surface area contributed by atoms with Crippen molar-refractivity contribution < 1.29 is 4.79 Å². The molecule has 1 atom stereocenters. The fourth-order valence-corrected chi connectivity index (χ4v) is 3.12. The van der Waals surface area contributed by atoms with E-state index < -0.39 is 0 Å². The molecule has 0 aliphatic carbocycles. The Morgan fingerprint density at radius 2 is 2.26 bits per heavy atom. The number of aromatic amines is 2. The highest BCUT2D eigenvalue weighted by atomic mass is 16.2. The second-order valence-electron chi connectivity index (χ2n) is 5.90. The number of H-pyrrole nitrogens is 2. The van der Waals surface area contributed by atoms with E-state index in [9.17, 15) is 9.59 Å². The molecule has 1 amide bonds. The van der Waals surface area contributed by atoms with Gasteiger partial charge in [-0.25, -0.2) is 9.89 Å². The third kappa shape index (κ3) is 4.06. The van der Waals surface area contributed by atoms with E-state index in [-0.39, 0.29) is 24.1 Å². The van der Waals surface area contributed by atoms with Crippen LogP contribution in [0.4, 0.5) is 0 Å². The predicted octanol–water partition coefficient (Wildman–Crippen LogP) is 1.05. The number of aromatic nitrogens is 4. The summed E-state index contributed by atoms with van der Waals surface area (Å²) in [6.07, 6.45) is 6.93. The summed E-state index contributed by atoms with van der Waals surface area (Å²) in [5.41, 5.74) is 0.681. The molecule has 23 heavy (non-hydrogen) atoms. The van der Waals surface area contributed by atoms with Crippen LogP contribution in [0, 0.1) is 0 Å². The minimum absolute atomic E-state index is 0.0264. The summed E-state index contributed by atoms with van der Waals surface area (Å²) in [6, 6.07) is 6.15. The molecule has 3 heterocycles. The molecule has 2 aromatic rings. The number of nitrogens with zero attached hydrogens (tertiary/aromatic N) is 3. The highest BCUT2D eigenvalue weighted by Gasteiger charge is 2.27. The standard InChI is InChI=1S/C16H21N5O2/c22-15(11-14-18-16(23)20-19-14)21-10-4-2-6-13(21)8-7-12-5-1-3-9-17-12/h1,3,5,9,13H,2,4,6-8,10-11H2,(H2,18,19,20,23)/t13-/m1/s1. The van der Waals surface area contributed by atoms with Gasteiger partial charge in [-0.3, -0.25) is 14.8 Å². The molecule has 1 fully saturated rings. The van der Waals surface area contributed by atoms with Crippen LogP contribution < -0.4 is 5.69 Å². The van der Waals surface area contributed by atoms with Crippen LogP contribution in [0.3, 0.4) is 0 Å². The Morgan fingerprint density at radius 1 is 1.35 bits per heavy atom. The minimum Gasteiger partial charge on any atom is -0.339 e. The Bertz CT molecular complexity index is 694. The summed E-state index contributed by atoms with van der Waals surface area (Å²) in [5, 5.41) is 6.11. The smallest absolute Gasteiger partial charge is 0.339 e. The zero-order chi connectivity index (χ0) is 16.1. The largest absolute Gasteiger partial charge is 0.340 e. The molecule has 0 unspecified atom stereocenters. The van der Waals surface area contributed by atoms with Crippen LogP contribution in [0.25, 0.3) is 0 Å². The van der Waals surface area contributed by atoms with Gasteiger partial charge in [-0.2, -0.15) is 5.10 Å². The number of piperidine rings is 1. The van der Waals surface area contributed by atoms with Crippen LogP contribution in [0.2, 0.25) is 0 Å². The lowest BCUT2D eigenvalue weighted by Gasteiger charge is -2.35. The summed E-state index contributed by atoms with van der Waals surface area (Å²) in [7, 11) is 0. The van der Waals surface area contributed by atoms with Gasteiger partial charge in [0.05, 0.1) is 6.42 Å². The zero-order valence-corrected chi connectivity index (χ0v) is 13.0. The van der Waals surface area contributed by atoms with Gasteiger partial charge in [-0.15, -0.1) is 0 Å². The first-order valence-corrected chi connectivity index (χ1v) is 8.05. The second kappa shape index (κ2) is 7.21. The molecule has 122 valence electrons. The topological polar surface area (TPSA) is 94.7 Å². The van der Waals surface area contributed by atoms with E-state index >= 15 is 0 Å². The van der Waals surface area contributed by atoms with E-state index in [4.69, 9.17) is 0 Å². The molecular weight excluding hydrogens is 294 g/mol. The van der Waals surface area contributed by atoms with Crippen molar-refractivity contribution >= 4 is 5.91 Å². The summed E-state index contributed by atoms with van der Waals surface area (Å²) in [6.45, 7) is 0.778. The summed E-state index contributed by atoms with van der Waals surface area (Å²) < 4.78 is 0. The Hall–Kier alpha value is -2.44. The number of pyridine rings is 1. The zero-order valence-electron chi connectivity index (χ0n) is 13.0. The molecule has 2 aromatic heterocycles. The van der Waals surface area contributed by atoms with E-state index in [1.165, 1.54) is 0 Å². The Morgan fingerprint density at radius 3 is 3.00 bits per heavy atom. The summed E-state index contributed by atoms with van der Waals surface area (Å²) >= 11 is 0. The Labute approximate surface area is 134 Å². The monoisotopic (exact) mass is 315 g/mol. The number of hydrogen-bond acceptors (Lipinski definition) is 4. The van der Waals surface area contributed by atoms with Gasteiger partial charge in [0.15, 0.2) is 0 Å². The van der Waals surface area contributed by atoms with Crippen molar-refractivity contribution in [1.29, 1.82) is 0 Å². The van der Waals surface area contributed by atoms with Crippen LogP contribution in [-0.4, -0.2) is 43.6 Å². The number of likely N-dealkylation sites (tertiary alicyclic amines) is 1. The number of rotatable bonds is 5. The molecule has 0 bridgehead atoms. The summed E-state index contributed by atoms with van der Waals surface area (Å²) in [4.78, 5) is 32.4. The van der Waals surface area contributed by atoms with Gasteiger partial charge in [0, 0.05) is 24.5 Å². The first-order valence-electron chi connectivity index (χ1n) is 8.05.